The van der Waals surface area contributed by atoms with E-state index in [0.717, 1.165) is 11.1 Å². The van der Waals surface area contributed by atoms with Gasteiger partial charge < -0.3 is 15.3 Å². The van der Waals surface area contributed by atoms with Crippen molar-refractivity contribution < 1.29 is 14.7 Å². The van der Waals surface area contributed by atoms with E-state index in [4.69, 9.17) is 28.3 Å². The van der Waals surface area contributed by atoms with Crippen LogP contribution in [0.5, 0.6) is 0 Å². The molecule has 2 atom stereocenters. The maximum Gasteiger partial charge on any atom is 0.404 e. The first-order valence-electron chi connectivity index (χ1n) is 8.66. The number of hydrogen-bond acceptors (Lipinski definition) is 2. The topological polar surface area (TPSA) is 69.6 Å². The molecule has 1 aliphatic heterocycles. The van der Waals surface area contributed by atoms with Gasteiger partial charge in [-0.3, -0.25) is 4.79 Å². The molecule has 0 bridgehead atoms. The Morgan fingerprint density at radius 1 is 1.11 bits per heavy atom. The van der Waals surface area contributed by atoms with Crippen LogP contribution in [0.3, 0.4) is 0 Å². The van der Waals surface area contributed by atoms with Gasteiger partial charge >= 0.3 is 6.09 Å². The second-order valence-corrected chi connectivity index (χ2v) is 7.43. The molecule has 0 saturated carbocycles. The molecule has 0 spiro atoms. The van der Waals surface area contributed by atoms with Crippen molar-refractivity contribution in [2.45, 2.75) is 25.3 Å². The van der Waals surface area contributed by atoms with Gasteiger partial charge in [-0.2, -0.15) is 0 Å². The van der Waals surface area contributed by atoms with Crippen LogP contribution < -0.4 is 5.32 Å². The molecule has 27 heavy (non-hydrogen) atoms. The second kappa shape index (κ2) is 8.19. The summed E-state index contributed by atoms with van der Waals surface area (Å²) >= 11 is 12.4. The highest BCUT2D eigenvalue weighted by Crippen LogP contribution is 2.36. The average Bonchev–Trinajstić information content (AvgIpc) is 2.64. The van der Waals surface area contributed by atoms with Crippen LogP contribution >= 0.6 is 23.2 Å². The SMILES string of the molecule is C[C@H]1c2ccccc2[C@@H](CNC(=O)O)CN1C(=O)Cc1c(Cl)cccc1Cl. The third-order valence-electron chi connectivity index (χ3n) is 4.98. The summed E-state index contributed by atoms with van der Waals surface area (Å²) in [6.45, 7) is 2.65. The lowest BCUT2D eigenvalue weighted by atomic mass is 9.85. The molecule has 2 aromatic rings. The normalized spacial score (nSPS) is 18.7. The number of fused-ring (bicyclic) bond motifs is 1. The Labute approximate surface area is 167 Å². The maximum absolute atomic E-state index is 13.0. The quantitative estimate of drug-likeness (QED) is 0.785. The minimum atomic E-state index is -1.08. The summed E-state index contributed by atoms with van der Waals surface area (Å²) in [5.41, 5.74) is 2.70. The van der Waals surface area contributed by atoms with Gasteiger partial charge in [0.15, 0.2) is 0 Å². The molecular formula is C20H20Cl2N2O3. The number of nitrogens with zero attached hydrogens (tertiary/aromatic N) is 1. The van der Waals surface area contributed by atoms with E-state index in [1.807, 2.05) is 31.2 Å². The molecule has 0 aliphatic carbocycles. The van der Waals surface area contributed by atoms with Gasteiger partial charge in [-0.05, 0) is 35.7 Å². The molecule has 0 radical (unpaired) electrons. The number of nitrogens with one attached hydrogen (secondary N) is 1. The summed E-state index contributed by atoms with van der Waals surface area (Å²) in [6, 6.07) is 12.9. The van der Waals surface area contributed by atoms with Gasteiger partial charge in [-0.25, -0.2) is 4.79 Å². The zero-order valence-electron chi connectivity index (χ0n) is 14.8. The monoisotopic (exact) mass is 406 g/mol. The van der Waals surface area contributed by atoms with Crippen LogP contribution in [0.4, 0.5) is 4.79 Å². The van der Waals surface area contributed by atoms with E-state index in [1.54, 1.807) is 23.1 Å². The van der Waals surface area contributed by atoms with E-state index in [0.29, 0.717) is 22.2 Å². The van der Waals surface area contributed by atoms with E-state index in [9.17, 15) is 9.59 Å². The van der Waals surface area contributed by atoms with Crippen molar-refractivity contribution in [3.8, 4) is 0 Å². The highest BCUT2D eigenvalue weighted by Gasteiger charge is 2.33. The van der Waals surface area contributed by atoms with E-state index in [1.165, 1.54) is 0 Å². The Bertz CT molecular complexity index is 852. The molecule has 5 nitrogen and oxygen atoms in total. The summed E-state index contributed by atoms with van der Waals surface area (Å²) in [5, 5.41) is 12.3. The molecule has 1 heterocycles. The Morgan fingerprint density at radius 2 is 1.74 bits per heavy atom. The Kier molecular flexibility index (Phi) is 5.92. The van der Waals surface area contributed by atoms with Gasteiger partial charge in [0.05, 0.1) is 12.5 Å². The molecule has 3 rings (SSSR count). The predicted molar refractivity (Wildman–Crippen MR) is 106 cm³/mol. The fourth-order valence-electron chi connectivity index (χ4n) is 3.58. The van der Waals surface area contributed by atoms with Gasteiger partial charge in [-0.1, -0.05) is 53.5 Å². The summed E-state index contributed by atoms with van der Waals surface area (Å²) in [4.78, 5) is 25.8. The van der Waals surface area contributed by atoms with E-state index < -0.39 is 6.09 Å². The van der Waals surface area contributed by atoms with Crippen molar-refractivity contribution in [1.29, 1.82) is 0 Å². The molecule has 0 fully saturated rings. The summed E-state index contributed by atoms with van der Waals surface area (Å²) in [7, 11) is 0. The van der Waals surface area contributed by atoms with Crippen LogP contribution in [0.2, 0.25) is 10.0 Å². The molecular weight excluding hydrogens is 387 g/mol. The average molecular weight is 407 g/mol. The first-order chi connectivity index (χ1) is 12.9. The number of carbonyl (C=O) groups excluding carboxylic acids is 1. The molecule has 142 valence electrons. The minimum Gasteiger partial charge on any atom is -0.465 e. The van der Waals surface area contributed by atoms with Crippen LogP contribution in [0.15, 0.2) is 42.5 Å². The van der Waals surface area contributed by atoms with Gasteiger partial charge in [-0.15, -0.1) is 0 Å². The van der Waals surface area contributed by atoms with Crippen LogP contribution in [0.1, 0.15) is 35.6 Å². The van der Waals surface area contributed by atoms with E-state index in [-0.39, 0.29) is 30.8 Å². The maximum atomic E-state index is 13.0. The molecule has 2 amide bonds. The first kappa shape index (κ1) is 19.5. The van der Waals surface area contributed by atoms with Crippen molar-refractivity contribution >= 4 is 35.2 Å². The molecule has 0 saturated heterocycles. The van der Waals surface area contributed by atoms with Crippen molar-refractivity contribution in [1.82, 2.24) is 10.2 Å². The third-order valence-corrected chi connectivity index (χ3v) is 5.69. The first-order valence-corrected chi connectivity index (χ1v) is 9.42. The standard InChI is InChI=1S/C20H20Cl2N2O3/c1-12-14-5-2-3-6-15(14)13(10-23-20(26)27)11-24(12)19(25)9-16-17(21)7-4-8-18(16)22/h2-8,12-13,23H,9-11H2,1H3,(H,26,27)/t12-,13-/m0/s1. The number of rotatable bonds is 4. The highest BCUT2D eigenvalue weighted by molar-refractivity contribution is 6.36. The largest absolute Gasteiger partial charge is 0.465 e. The zero-order chi connectivity index (χ0) is 19.6. The zero-order valence-corrected chi connectivity index (χ0v) is 16.3. The third kappa shape index (κ3) is 4.20. The van der Waals surface area contributed by atoms with Crippen molar-refractivity contribution in [2.24, 2.45) is 0 Å². The summed E-state index contributed by atoms with van der Waals surface area (Å²) in [5.74, 6) is -0.202. The van der Waals surface area contributed by atoms with E-state index >= 15 is 0 Å². The van der Waals surface area contributed by atoms with Crippen molar-refractivity contribution in [2.75, 3.05) is 13.1 Å². The second-order valence-electron chi connectivity index (χ2n) is 6.61. The van der Waals surface area contributed by atoms with Crippen molar-refractivity contribution in [3.05, 3.63) is 69.2 Å². The molecule has 2 N–H and O–H groups in total. The fourth-order valence-corrected chi connectivity index (χ4v) is 4.11. The molecule has 1 aliphatic rings. The molecule has 2 aromatic carbocycles. The van der Waals surface area contributed by atoms with Crippen LogP contribution in [-0.4, -0.2) is 35.1 Å². The summed E-state index contributed by atoms with van der Waals surface area (Å²) in [6.07, 6.45) is -0.976. The number of amides is 2. The fraction of sp³-hybridized carbons (Fsp3) is 0.300. The smallest absolute Gasteiger partial charge is 0.404 e. The Balaban J connectivity index is 1.87. The minimum absolute atomic E-state index is 0.0904. The lowest BCUT2D eigenvalue weighted by Gasteiger charge is -2.40. The lowest BCUT2D eigenvalue weighted by molar-refractivity contribution is -0.133. The Hall–Kier alpha value is -2.24. The summed E-state index contributed by atoms with van der Waals surface area (Å²) < 4.78 is 0. The lowest BCUT2D eigenvalue weighted by Crippen LogP contribution is -2.44. The highest BCUT2D eigenvalue weighted by atomic mass is 35.5. The van der Waals surface area contributed by atoms with E-state index in [2.05, 4.69) is 5.32 Å². The number of halogens is 2. The van der Waals surface area contributed by atoms with Crippen LogP contribution in [0.25, 0.3) is 0 Å². The molecule has 0 aromatic heterocycles. The van der Waals surface area contributed by atoms with Gasteiger partial charge in [0, 0.05) is 29.1 Å². The van der Waals surface area contributed by atoms with Gasteiger partial charge in [0.2, 0.25) is 5.91 Å². The number of hydrogen-bond donors (Lipinski definition) is 2. The Morgan fingerprint density at radius 3 is 2.37 bits per heavy atom. The molecule has 0 unspecified atom stereocenters. The van der Waals surface area contributed by atoms with Crippen LogP contribution in [0, 0.1) is 0 Å². The van der Waals surface area contributed by atoms with Crippen LogP contribution in [-0.2, 0) is 11.2 Å². The number of benzene rings is 2. The predicted octanol–water partition coefficient (Wildman–Crippen LogP) is 4.49. The van der Waals surface area contributed by atoms with Gasteiger partial charge in [0.25, 0.3) is 0 Å². The van der Waals surface area contributed by atoms with Crippen molar-refractivity contribution in [3.63, 3.8) is 0 Å². The van der Waals surface area contributed by atoms with Gasteiger partial charge in [0.1, 0.15) is 0 Å². The number of carbonyl (C=O) groups is 2. The molecule has 7 heteroatoms. The number of carboxylic acid groups (broad SMARTS) is 1.